The Hall–Kier alpha value is -1.99. The summed E-state index contributed by atoms with van der Waals surface area (Å²) in [6, 6.07) is 3.86. The minimum Gasteiger partial charge on any atom is -0.374 e. The third-order valence-corrected chi connectivity index (χ3v) is 3.94. The summed E-state index contributed by atoms with van der Waals surface area (Å²) < 4.78 is 7.96. The minimum absolute atomic E-state index is 0.168. The van der Waals surface area contributed by atoms with Crippen LogP contribution in [0.15, 0.2) is 30.7 Å². The van der Waals surface area contributed by atoms with E-state index in [-0.39, 0.29) is 6.10 Å². The van der Waals surface area contributed by atoms with Gasteiger partial charge in [0, 0.05) is 52.3 Å². The van der Waals surface area contributed by atoms with Gasteiger partial charge < -0.3 is 14.2 Å². The Balaban J connectivity index is 1.55. The summed E-state index contributed by atoms with van der Waals surface area (Å²) in [5.74, 6) is 1.95. The van der Waals surface area contributed by atoms with Crippen molar-refractivity contribution in [1.29, 1.82) is 0 Å². The van der Waals surface area contributed by atoms with E-state index >= 15 is 0 Å². The number of aryl methyl sites for hydroxylation is 1. The molecule has 0 spiro atoms. The maximum Gasteiger partial charge on any atom is 0.151 e. The van der Waals surface area contributed by atoms with Crippen molar-refractivity contribution in [1.82, 2.24) is 24.6 Å². The maximum atomic E-state index is 5.89. The number of hydrogen-bond donors (Lipinski definition) is 0. The first-order valence-electron chi connectivity index (χ1n) is 7.51. The molecule has 0 N–H and O–H groups in total. The highest BCUT2D eigenvalue weighted by Gasteiger charge is 2.23. The highest BCUT2D eigenvalue weighted by molar-refractivity contribution is 5.35. The van der Waals surface area contributed by atoms with Crippen LogP contribution in [0, 0.1) is 0 Å². The molecule has 3 rings (SSSR count). The topological polar surface area (TPSA) is 59.3 Å². The maximum absolute atomic E-state index is 5.89. The molecule has 0 bridgehead atoms. The number of rotatable bonds is 5. The van der Waals surface area contributed by atoms with Gasteiger partial charge in [0.25, 0.3) is 0 Å². The summed E-state index contributed by atoms with van der Waals surface area (Å²) in [7, 11) is 4.05. The Labute approximate surface area is 130 Å². The lowest BCUT2D eigenvalue weighted by molar-refractivity contribution is -0.0274. The van der Waals surface area contributed by atoms with Crippen molar-refractivity contribution < 1.29 is 4.74 Å². The third-order valence-electron chi connectivity index (χ3n) is 3.94. The lowest BCUT2D eigenvalue weighted by atomic mass is 10.2. The lowest BCUT2D eigenvalue weighted by Gasteiger charge is -2.34. The van der Waals surface area contributed by atoms with Gasteiger partial charge in [-0.05, 0) is 12.1 Å². The van der Waals surface area contributed by atoms with E-state index in [2.05, 4.69) is 29.5 Å². The second-order valence-corrected chi connectivity index (χ2v) is 5.64. The first-order valence-corrected chi connectivity index (χ1v) is 7.51. The molecule has 7 heteroatoms. The molecule has 0 aromatic carbocycles. The van der Waals surface area contributed by atoms with E-state index in [0.29, 0.717) is 0 Å². The standard InChI is InChI=1S/C15H22N6O/c1-19-7-6-16-15(19)12-21-8-9-22-13(11-21)10-20(2)14-4-3-5-17-18-14/h3-7,13H,8-12H2,1-2H3/t13-/m0/s1. The molecule has 7 nitrogen and oxygen atoms in total. The number of hydrogen-bond acceptors (Lipinski definition) is 6. The fourth-order valence-corrected chi connectivity index (χ4v) is 2.68. The van der Waals surface area contributed by atoms with Crippen LogP contribution in [-0.4, -0.2) is 64.0 Å². The van der Waals surface area contributed by atoms with Gasteiger partial charge in [-0.1, -0.05) is 0 Å². The van der Waals surface area contributed by atoms with Gasteiger partial charge in [-0.25, -0.2) is 4.98 Å². The SMILES string of the molecule is CN(C[C@H]1CN(Cc2nccn2C)CCO1)c1cccnn1. The molecule has 0 unspecified atom stereocenters. The van der Waals surface area contributed by atoms with Crippen LogP contribution in [-0.2, 0) is 18.3 Å². The van der Waals surface area contributed by atoms with Gasteiger partial charge in [0.15, 0.2) is 5.82 Å². The molecule has 118 valence electrons. The van der Waals surface area contributed by atoms with Crippen molar-refractivity contribution in [3.63, 3.8) is 0 Å². The molecule has 0 amide bonds. The van der Waals surface area contributed by atoms with Crippen molar-refractivity contribution in [3.8, 4) is 0 Å². The Morgan fingerprint density at radius 3 is 3.05 bits per heavy atom. The summed E-state index contributed by atoms with van der Waals surface area (Å²) in [5.41, 5.74) is 0. The lowest BCUT2D eigenvalue weighted by Crippen LogP contribution is -2.47. The van der Waals surface area contributed by atoms with Crippen LogP contribution in [0.1, 0.15) is 5.82 Å². The number of anilines is 1. The van der Waals surface area contributed by atoms with Gasteiger partial charge in [-0.3, -0.25) is 4.90 Å². The van der Waals surface area contributed by atoms with Crippen molar-refractivity contribution in [2.45, 2.75) is 12.6 Å². The van der Waals surface area contributed by atoms with Crippen molar-refractivity contribution in [2.75, 3.05) is 38.2 Å². The molecular weight excluding hydrogens is 280 g/mol. The Bertz CT molecular complexity index is 587. The number of ether oxygens (including phenoxy) is 1. The predicted octanol–water partition coefficient (Wildman–Crippen LogP) is 0.547. The molecule has 1 atom stereocenters. The Morgan fingerprint density at radius 2 is 2.32 bits per heavy atom. The van der Waals surface area contributed by atoms with Crippen molar-refractivity contribution >= 4 is 5.82 Å². The van der Waals surface area contributed by atoms with Crippen LogP contribution in [0.5, 0.6) is 0 Å². The molecule has 1 saturated heterocycles. The highest BCUT2D eigenvalue weighted by atomic mass is 16.5. The molecule has 3 heterocycles. The smallest absolute Gasteiger partial charge is 0.151 e. The van der Waals surface area contributed by atoms with Crippen LogP contribution in [0.4, 0.5) is 5.82 Å². The molecule has 2 aromatic rings. The second kappa shape index (κ2) is 6.85. The molecule has 0 saturated carbocycles. The van der Waals surface area contributed by atoms with E-state index in [1.54, 1.807) is 6.20 Å². The van der Waals surface area contributed by atoms with Gasteiger partial charge >= 0.3 is 0 Å². The molecule has 22 heavy (non-hydrogen) atoms. The van der Waals surface area contributed by atoms with E-state index in [1.807, 2.05) is 38.6 Å². The first-order chi connectivity index (χ1) is 10.7. The minimum atomic E-state index is 0.168. The van der Waals surface area contributed by atoms with Gasteiger partial charge in [0.2, 0.25) is 0 Å². The molecule has 2 aromatic heterocycles. The zero-order valence-corrected chi connectivity index (χ0v) is 13.1. The van der Waals surface area contributed by atoms with Crippen molar-refractivity contribution in [2.24, 2.45) is 7.05 Å². The number of nitrogens with zero attached hydrogens (tertiary/aromatic N) is 6. The fourth-order valence-electron chi connectivity index (χ4n) is 2.68. The average molecular weight is 302 g/mol. The van der Waals surface area contributed by atoms with Crippen LogP contribution >= 0.6 is 0 Å². The number of likely N-dealkylation sites (N-methyl/N-ethyl adjacent to an activating group) is 1. The zero-order valence-electron chi connectivity index (χ0n) is 13.1. The van der Waals surface area contributed by atoms with Crippen LogP contribution in [0.25, 0.3) is 0 Å². The van der Waals surface area contributed by atoms with E-state index in [1.165, 1.54) is 0 Å². The second-order valence-electron chi connectivity index (χ2n) is 5.64. The quantitative estimate of drug-likeness (QED) is 0.804. The molecule has 0 aliphatic carbocycles. The van der Waals surface area contributed by atoms with Crippen LogP contribution < -0.4 is 4.90 Å². The Morgan fingerprint density at radius 1 is 1.41 bits per heavy atom. The zero-order chi connectivity index (χ0) is 15.4. The Kier molecular flexibility index (Phi) is 4.65. The number of imidazole rings is 1. The molecule has 1 fully saturated rings. The summed E-state index contributed by atoms with van der Waals surface area (Å²) in [6.45, 7) is 4.26. The van der Waals surface area contributed by atoms with Gasteiger partial charge in [0.05, 0.1) is 19.3 Å². The first kappa shape index (κ1) is 14.9. The summed E-state index contributed by atoms with van der Waals surface area (Å²) in [5, 5.41) is 8.05. The summed E-state index contributed by atoms with van der Waals surface area (Å²) in [4.78, 5) is 8.87. The van der Waals surface area contributed by atoms with Crippen molar-refractivity contribution in [3.05, 3.63) is 36.5 Å². The monoisotopic (exact) mass is 302 g/mol. The number of aromatic nitrogens is 4. The molecule has 0 radical (unpaired) electrons. The van der Waals surface area contributed by atoms with Gasteiger partial charge in [-0.2, -0.15) is 5.10 Å². The molecule has 1 aliphatic heterocycles. The summed E-state index contributed by atoms with van der Waals surface area (Å²) >= 11 is 0. The largest absolute Gasteiger partial charge is 0.374 e. The number of morpholine rings is 1. The van der Waals surface area contributed by atoms with Crippen LogP contribution in [0.3, 0.4) is 0 Å². The summed E-state index contributed by atoms with van der Waals surface area (Å²) in [6.07, 6.45) is 5.67. The third kappa shape index (κ3) is 3.61. The predicted molar refractivity (Wildman–Crippen MR) is 83.5 cm³/mol. The molecular formula is C15H22N6O. The van der Waals surface area contributed by atoms with Crippen LogP contribution in [0.2, 0.25) is 0 Å². The average Bonchev–Trinajstić information content (AvgIpc) is 2.94. The van der Waals surface area contributed by atoms with Gasteiger partial charge in [-0.15, -0.1) is 5.10 Å². The fraction of sp³-hybridized carbons (Fsp3) is 0.533. The molecule has 1 aliphatic rings. The van der Waals surface area contributed by atoms with E-state index in [4.69, 9.17) is 4.74 Å². The van der Waals surface area contributed by atoms with E-state index < -0.39 is 0 Å². The highest BCUT2D eigenvalue weighted by Crippen LogP contribution is 2.13. The van der Waals surface area contributed by atoms with E-state index in [0.717, 1.165) is 44.4 Å². The normalized spacial score (nSPS) is 19.3. The van der Waals surface area contributed by atoms with E-state index in [9.17, 15) is 0 Å². The van der Waals surface area contributed by atoms with Gasteiger partial charge in [0.1, 0.15) is 5.82 Å².